The largest absolute Gasteiger partial charge is 0.293 e. The van der Waals surface area contributed by atoms with Crippen molar-refractivity contribution >= 4 is 15.6 Å². The van der Waals surface area contributed by atoms with Gasteiger partial charge in [-0.1, -0.05) is 0 Å². The molecule has 0 spiro atoms. The smallest absolute Gasteiger partial charge is 0.180 e. The highest BCUT2D eigenvalue weighted by Gasteiger charge is 2.28. The van der Waals surface area contributed by atoms with Crippen LogP contribution in [0.1, 0.15) is 28.7 Å². The van der Waals surface area contributed by atoms with E-state index in [9.17, 15) is 13.2 Å². The van der Waals surface area contributed by atoms with Crippen LogP contribution in [0.15, 0.2) is 0 Å². The number of rotatable bonds is 1. The van der Waals surface area contributed by atoms with Gasteiger partial charge in [-0.2, -0.15) is 5.10 Å². The summed E-state index contributed by atoms with van der Waals surface area (Å²) in [7, 11) is -1.33. The summed E-state index contributed by atoms with van der Waals surface area (Å²) < 4.78 is 24.3. The van der Waals surface area contributed by atoms with Crippen LogP contribution in [0.4, 0.5) is 0 Å². The molecule has 0 N–H and O–H groups in total. The van der Waals surface area contributed by atoms with Gasteiger partial charge in [-0.25, -0.2) is 8.42 Å². The maximum atomic E-state index is 11.4. The summed E-state index contributed by atoms with van der Waals surface area (Å²) in [5.41, 5.74) is 1.88. The molecule has 1 aromatic rings. The quantitative estimate of drug-likeness (QED) is 0.639. The van der Waals surface area contributed by atoms with Gasteiger partial charge in [0.05, 0.1) is 17.2 Å². The zero-order chi connectivity index (χ0) is 11.2. The number of carbonyl (C=O) groups excluding carboxylic acids is 1. The number of Topliss-reactive ketones (excluding diaryl/α,β-unsaturated/α-hetero) is 1. The third-order valence-corrected chi connectivity index (χ3v) is 4.17. The maximum absolute atomic E-state index is 11.4. The van der Waals surface area contributed by atoms with Crippen LogP contribution in [0.2, 0.25) is 0 Å². The fourth-order valence-electron chi connectivity index (χ4n) is 1.87. The Labute approximate surface area is 88.0 Å². The Morgan fingerprint density at radius 1 is 1.47 bits per heavy atom. The minimum Gasteiger partial charge on any atom is -0.293 e. The van der Waals surface area contributed by atoms with E-state index in [-0.39, 0.29) is 17.3 Å². The van der Waals surface area contributed by atoms with E-state index in [1.807, 2.05) is 0 Å². The molecule has 1 aromatic heterocycles. The first-order valence-corrected chi connectivity index (χ1v) is 6.49. The van der Waals surface area contributed by atoms with Gasteiger partial charge in [-0.05, 0) is 6.42 Å². The molecule has 0 radical (unpaired) electrons. The number of ketones is 1. The lowest BCUT2D eigenvalue weighted by Gasteiger charge is -2.13. The average molecular weight is 228 g/mol. The number of hydrogen-bond acceptors (Lipinski definition) is 4. The van der Waals surface area contributed by atoms with Crippen LogP contribution in [0.5, 0.6) is 0 Å². The molecule has 0 fully saturated rings. The van der Waals surface area contributed by atoms with Crippen LogP contribution in [-0.2, 0) is 29.1 Å². The van der Waals surface area contributed by atoms with E-state index >= 15 is 0 Å². The van der Waals surface area contributed by atoms with Crippen molar-refractivity contribution < 1.29 is 13.2 Å². The van der Waals surface area contributed by atoms with Crippen molar-refractivity contribution in [2.75, 3.05) is 5.75 Å². The third kappa shape index (κ3) is 1.69. The van der Waals surface area contributed by atoms with E-state index in [1.165, 1.54) is 11.6 Å². The third-order valence-electron chi connectivity index (χ3n) is 2.63. The van der Waals surface area contributed by atoms with Gasteiger partial charge in [0.15, 0.2) is 15.6 Å². The molecule has 0 unspecified atom stereocenters. The first kappa shape index (κ1) is 10.4. The second-order valence-corrected chi connectivity index (χ2v) is 5.98. The van der Waals surface area contributed by atoms with Gasteiger partial charge in [-0.15, -0.1) is 0 Å². The second-order valence-electron chi connectivity index (χ2n) is 3.80. The molecule has 0 bridgehead atoms. The monoisotopic (exact) mass is 228 g/mol. The number of aromatic nitrogens is 2. The number of hydrogen-bond donors (Lipinski definition) is 0. The SMILES string of the molecule is CC(=O)c1nn(C)c2c1CCS(=O)(=O)C2. The zero-order valence-corrected chi connectivity index (χ0v) is 9.47. The molecule has 2 rings (SSSR count). The summed E-state index contributed by atoms with van der Waals surface area (Å²) in [4.78, 5) is 11.3. The van der Waals surface area contributed by atoms with Gasteiger partial charge in [0.25, 0.3) is 0 Å². The first-order valence-electron chi connectivity index (χ1n) is 4.67. The predicted molar refractivity (Wildman–Crippen MR) is 54.4 cm³/mol. The van der Waals surface area contributed by atoms with Crippen LogP contribution in [-0.4, -0.2) is 29.7 Å². The summed E-state index contributed by atoms with van der Waals surface area (Å²) in [6.45, 7) is 1.45. The number of aryl methyl sites for hydroxylation is 1. The molecule has 2 heterocycles. The standard InChI is InChI=1S/C9H12N2O3S/c1-6(12)9-7-3-4-15(13,14)5-8(7)11(2)10-9/h3-5H2,1-2H3. The summed E-state index contributed by atoms with van der Waals surface area (Å²) >= 11 is 0. The molecule has 82 valence electrons. The van der Waals surface area contributed by atoms with Crippen molar-refractivity contribution in [1.82, 2.24) is 9.78 Å². The lowest BCUT2D eigenvalue weighted by atomic mass is 10.1. The van der Waals surface area contributed by atoms with Gasteiger partial charge in [-0.3, -0.25) is 9.48 Å². The van der Waals surface area contributed by atoms with Crippen molar-refractivity contribution in [2.24, 2.45) is 7.05 Å². The Morgan fingerprint density at radius 3 is 2.73 bits per heavy atom. The van der Waals surface area contributed by atoms with Gasteiger partial charge in [0.2, 0.25) is 0 Å². The first-order chi connectivity index (χ1) is 6.91. The Kier molecular flexibility index (Phi) is 2.18. The van der Waals surface area contributed by atoms with Crippen LogP contribution >= 0.6 is 0 Å². The highest BCUT2D eigenvalue weighted by molar-refractivity contribution is 7.90. The topological polar surface area (TPSA) is 69.0 Å². The number of fused-ring (bicyclic) bond motifs is 1. The molecule has 0 aliphatic carbocycles. The zero-order valence-electron chi connectivity index (χ0n) is 8.65. The van der Waals surface area contributed by atoms with Crippen LogP contribution in [0.25, 0.3) is 0 Å². The fourth-order valence-corrected chi connectivity index (χ4v) is 3.30. The Morgan fingerprint density at radius 2 is 2.13 bits per heavy atom. The predicted octanol–water partition coefficient (Wildman–Crippen LogP) is 0.0936. The lowest BCUT2D eigenvalue weighted by Crippen LogP contribution is -2.20. The number of carbonyl (C=O) groups is 1. The number of nitrogens with zero attached hydrogens (tertiary/aromatic N) is 2. The average Bonchev–Trinajstić information content (AvgIpc) is 2.42. The van der Waals surface area contributed by atoms with E-state index in [0.717, 1.165) is 5.56 Å². The lowest BCUT2D eigenvalue weighted by molar-refractivity contribution is 0.101. The Bertz CT molecular complexity index is 528. The Hall–Kier alpha value is -1.17. The molecule has 0 saturated carbocycles. The molecular weight excluding hydrogens is 216 g/mol. The second kappa shape index (κ2) is 3.16. The molecule has 0 saturated heterocycles. The van der Waals surface area contributed by atoms with E-state index in [4.69, 9.17) is 0 Å². The van der Waals surface area contributed by atoms with Gasteiger partial charge in [0, 0.05) is 19.5 Å². The van der Waals surface area contributed by atoms with Gasteiger partial charge in [0.1, 0.15) is 5.69 Å². The molecule has 15 heavy (non-hydrogen) atoms. The molecule has 0 amide bonds. The normalized spacial score (nSPS) is 18.5. The minimum absolute atomic E-state index is 0.000880. The van der Waals surface area contributed by atoms with Crippen molar-refractivity contribution in [3.63, 3.8) is 0 Å². The highest BCUT2D eigenvalue weighted by atomic mass is 32.2. The molecule has 0 atom stereocenters. The Balaban J connectivity index is 2.58. The van der Waals surface area contributed by atoms with Gasteiger partial charge >= 0.3 is 0 Å². The maximum Gasteiger partial charge on any atom is 0.180 e. The fraction of sp³-hybridized carbons (Fsp3) is 0.556. The molecule has 5 nitrogen and oxygen atoms in total. The van der Waals surface area contributed by atoms with Crippen molar-refractivity contribution in [3.05, 3.63) is 17.0 Å². The van der Waals surface area contributed by atoms with Crippen LogP contribution < -0.4 is 0 Å². The molecule has 1 aliphatic heterocycles. The van der Waals surface area contributed by atoms with Crippen molar-refractivity contribution in [1.29, 1.82) is 0 Å². The van der Waals surface area contributed by atoms with Gasteiger partial charge < -0.3 is 0 Å². The molecule has 6 heteroatoms. The van der Waals surface area contributed by atoms with Crippen molar-refractivity contribution in [2.45, 2.75) is 19.1 Å². The van der Waals surface area contributed by atoms with E-state index in [0.29, 0.717) is 17.8 Å². The summed E-state index contributed by atoms with van der Waals surface area (Å²) in [6.07, 6.45) is 0.403. The molecule has 0 aromatic carbocycles. The van der Waals surface area contributed by atoms with Crippen LogP contribution in [0, 0.1) is 0 Å². The van der Waals surface area contributed by atoms with E-state index in [1.54, 1.807) is 7.05 Å². The molecule has 1 aliphatic rings. The van der Waals surface area contributed by atoms with E-state index in [2.05, 4.69) is 5.10 Å². The van der Waals surface area contributed by atoms with E-state index < -0.39 is 9.84 Å². The summed E-state index contributed by atoms with van der Waals surface area (Å²) in [6, 6.07) is 0. The van der Waals surface area contributed by atoms with Crippen LogP contribution in [0.3, 0.4) is 0 Å². The minimum atomic E-state index is -3.00. The highest BCUT2D eigenvalue weighted by Crippen LogP contribution is 2.23. The molecular formula is C9H12N2O3S. The van der Waals surface area contributed by atoms with Crippen molar-refractivity contribution in [3.8, 4) is 0 Å². The number of sulfone groups is 1. The summed E-state index contributed by atoms with van der Waals surface area (Å²) in [5.74, 6) is 0.0107. The summed E-state index contributed by atoms with van der Waals surface area (Å²) in [5, 5.41) is 4.06.